The maximum absolute atomic E-state index is 13.5. The fourth-order valence-corrected chi connectivity index (χ4v) is 2.97. The average molecular weight is 403 g/mol. The highest BCUT2D eigenvalue weighted by atomic mass is 19.1. The van der Waals surface area contributed by atoms with Crippen LogP contribution in [-0.4, -0.2) is 28.2 Å². The highest BCUT2D eigenvalue weighted by Crippen LogP contribution is 2.29. The molecule has 0 aliphatic heterocycles. The third kappa shape index (κ3) is 4.12. The van der Waals surface area contributed by atoms with E-state index in [4.69, 9.17) is 4.74 Å². The summed E-state index contributed by atoms with van der Waals surface area (Å²) in [6.45, 7) is 0. The third-order valence-corrected chi connectivity index (χ3v) is 4.36. The number of benzene rings is 2. The van der Waals surface area contributed by atoms with Crippen molar-refractivity contribution in [3.63, 3.8) is 0 Å². The van der Waals surface area contributed by atoms with Crippen LogP contribution in [0.3, 0.4) is 0 Å². The SMILES string of the molecule is COc1ccccc1-c1cc(NC(=O)c2cccnc2Nc2cccc(F)c2)n[nH]1. The van der Waals surface area contributed by atoms with Crippen molar-refractivity contribution in [1.29, 1.82) is 0 Å². The molecule has 1 amide bonds. The standard InChI is InChI=1S/C22H18FN5O2/c1-30-19-10-3-2-8-16(19)18-13-20(28-27-18)26-22(29)17-9-5-11-24-21(17)25-15-7-4-6-14(23)12-15/h2-13H,1H3,(H,24,25)(H2,26,27,28,29). The number of carbonyl (C=O) groups excluding carboxylic acids is 1. The fourth-order valence-electron chi connectivity index (χ4n) is 2.97. The second-order valence-electron chi connectivity index (χ2n) is 6.36. The van der Waals surface area contributed by atoms with Crippen molar-refractivity contribution in [2.45, 2.75) is 0 Å². The molecular formula is C22H18FN5O2. The van der Waals surface area contributed by atoms with E-state index >= 15 is 0 Å². The quantitative estimate of drug-likeness (QED) is 0.437. The zero-order chi connectivity index (χ0) is 20.9. The number of ether oxygens (including phenoxy) is 1. The molecule has 0 aliphatic rings. The summed E-state index contributed by atoms with van der Waals surface area (Å²) >= 11 is 0. The van der Waals surface area contributed by atoms with Crippen molar-refractivity contribution in [3.8, 4) is 17.0 Å². The predicted molar refractivity (Wildman–Crippen MR) is 112 cm³/mol. The number of nitrogens with one attached hydrogen (secondary N) is 3. The van der Waals surface area contributed by atoms with Gasteiger partial charge in [0.2, 0.25) is 0 Å². The van der Waals surface area contributed by atoms with Crippen LogP contribution in [0, 0.1) is 5.82 Å². The number of anilines is 3. The van der Waals surface area contributed by atoms with Crippen LogP contribution in [0.25, 0.3) is 11.3 Å². The Balaban J connectivity index is 1.55. The average Bonchev–Trinajstić information content (AvgIpc) is 3.22. The molecule has 0 bridgehead atoms. The van der Waals surface area contributed by atoms with Crippen LogP contribution >= 0.6 is 0 Å². The minimum atomic E-state index is -0.403. The molecule has 0 saturated carbocycles. The molecule has 150 valence electrons. The molecule has 3 N–H and O–H groups in total. The largest absolute Gasteiger partial charge is 0.496 e. The number of carbonyl (C=O) groups is 1. The van der Waals surface area contributed by atoms with Crippen LogP contribution in [0.15, 0.2) is 72.9 Å². The first-order valence-corrected chi connectivity index (χ1v) is 9.12. The lowest BCUT2D eigenvalue weighted by atomic mass is 10.1. The number of para-hydroxylation sites is 1. The number of aromatic amines is 1. The van der Waals surface area contributed by atoms with Crippen LogP contribution in [0.4, 0.5) is 21.7 Å². The molecule has 2 aromatic heterocycles. The molecule has 2 aromatic carbocycles. The Hall–Kier alpha value is -4.20. The monoisotopic (exact) mass is 403 g/mol. The number of rotatable bonds is 6. The maximum Gasteiger partial charge on any atom is 0.260 e. The Morgan fingerprint density at radius 1 is 1.07 bits per heavy atom. The van der Waals surface area contributed by atoms with Crippen LogP contribution in [0.5, 0.6) is 5.75 Å². The summed E-state index contributed by atoms with van der Waals surface area (Å²) in [5.41, 5.74) is 2.31. The van der Waals surface area contributed by atoms with Crippen molar-refractivity contribution in [1.82, 2.24) is 15.2 Å². The van der Waals surface area contributed by atoms with Gasteiger partial charge in [-0.15, -0.1) is 0 Å². The maximum atomic E-state index is 13.5. The number of pyridine rings is 1. The predicted octanol–water partition coefficient (Wildman–Crippen LogP) is 4.62. The van der Waals surface area contributed by atoms with Crippen molar-refractivity contribution in [2.24, 2.45) is 0 Å². The van der Waals surface area contributed by atoms with Crippen LogP contribution < -0.4 is 15.4 Å². The number of methoxy groups -OCH3 is 1. The molecule has 0 saturated heterocycles. The number of H-pyrrole nitrogens is 1. The summed E-state index contributed by atoms with van der Waals surface area (Å²) < 4.78 is 18.8. The Kier molecular flexibility index (Phi) is 5.38. The third-order valence-electron chi connectivity index (χ3n) is 4.36. The molecule has 2 heterocycles. The van der Waals surface area contributed by atoms with Crippen molar-refractivity contribution >= 4 is 23.2 Å². The smallest absolute Gasteiger partial charge is 0.260 e. The van der Waals surface area contributed by atoms with Crippen molar-refractivity contribution in [2.75, 3.05) is 17.7 Å². The van der Waals surface area contributed by atoms with Gasteiger partial charge in [0.25, 0.3) is 5.91 Å². The van der Waals surface area contributed by atoms with Gasteiger partial charge in [0.1, 0.15) is 17.4 Å². The minimum absolute atomic E-state index is 0.295. The van der Waals surface area contributed by atoms with E-state index in [1.807, 2.05) is 24.3 Å². The number of amides is 1. The van der Waals surface area contributed by atoms with E-state index in [9.17, 15) is 9.18 Å². The van der Waals surface area contributed by atoms with Crippen molar-refractivity contribution in [3.05, 3.63) is 84.3 Å². The lowest BCUT2D eigenvalue weighted by Gasteiger charge is -2.10. The van der Waals surface area contributed by atoms with E-state index in [0.29, 0.717) is 34.3 Å². The first-order chi connectivity index (χ1) is 14.6. The van der Waals surface area contributed by atoms with Gasteiger partial charge >= 0.3 is 0 Å². The molecule has 7 nitrogen and oxygen atoms in total. The highest BCUT2D eigenvalue weighted by Gasteiger charge is 2.15. The minimum Gasteiger partial charge on any atom is -0.496 e. The molecule has 30 heavy (non-hydrogen) atoms. The number of halogens is 1. The van der Waals surface area contributed by atoms with Crippen LogP contribution in [0.1, 0.15) is 10.4 Å². The number of hydrogen-bond donors (Lipinski definition) is 3. The van der Waals surface area contributed by atoms with Crippen molar-refractivity contribution < 1.29 is 13.9 Å². The van der Waals surface area contributed by atoms with E-state index in [1.54, 1.807) is 43.6 Å². The lowest BCUT2D eigenvalue weighted by molar-refractivity contribution is 0.102. The second-order valence-corrected chi connectivity index (χ2v) is 6.36. The van der Waals surface area contributed by atoms with Gasteiger partial charge in [-0.1, -0.05) is 18.2 Å². The summed E-state index contributed by atoms with van der Waals surface area (Å²) in [6, 6.07) is 18.4. The molecule has 0 fully saturated rings. The first kappa shape index (κ1) is 19.1. The molecule has 0 radical (unpaired) electrons. The van der Waals surface area contributed by atoms with Gasteiger partial charge in [0.05, 0.1) is 18.4 Å². The fraction of sp³-hybridized carbons (Fsp3) is 0.0455. The topological polar surface area (TPSA) is 91.9 Å². The highest BCUT2D eigenvalue weighted by molar-refractivity contribution is 6.07. The van der Waals surface area contributed by atoms with E-state index in [0.717, 1.165) is 5.56 Å². The zero-order valence-corrected chi connectivity index (χ0v) is 16.0. The number of aromatic nitrogens is 3. The molecule has 0 unspecified atom stereocenters. The van der Waals surface area contributed by atoms with Gasteiger partial charge in [0.15, 0.2) is 5.82 Å². The Bertz CT molecular complexity index is 1190. The molecule has 0 atom stereocenters. The second kappa shape index (κ2) is 8.44. The molecule has 8 heteroatoms. The van der Waals surface area contributed by atoms with E-state index < -0.39 is 5.91 Å². The zero-order valence-electron chi connectivity index (χ0n) is 16.0. The summed E-state index contributed by atoms with van der Waals surface area (Å²) in [4.78, 5) is 17.0. The Morgan fingerprint density at radius 3 is 2.77 bits per heavy atom. The van der Waals surface area contributed by atoms with Gasteiger partial charge in [-0.2, -0.15) is 5.10 Å². The summed E-state index contributed by atoms with van der Waals surface area (Å²) in [5, 5.41) is 12.8. The molecule has 4 aromatic rings. The van der Waals surface area contributed by atoms with Gasteiger partial charge < -0.3 is 15.4 Å². The van der Waals surface area contributed by atoms with Crippen LogP contribution in [-0.2, 0) is 0 Å². The molecular weight excluding hydrogens is 385 g/mol. The first-order valence-electron chi connectivity index (χ1n) is 9.12. The van der Waals surface area contributed by atoms with E-state index in [2.05, 4.69) is 25.8 Å². The summed E-state index contributed by atoms with van der Waals surface area (Å²) in [7, 11) is 1.59. The molecule has 0 spiro atoms. The summed E-state index contributed by atoms with van der Waals surface area (Å²) in [5.74, 6) is 0.554. The van der Waals surface area contributed by atoms with Gasteiger partial charge in [-0.3, -0.25) is 9.89 Å². The summed E-state index contributed by atoms with van der Waals surface area (Å²) in [6.07, 6.45) is 1.55. The Labute approximate surface area is 171 Å². The number of nitrogens with zero attached hydrogens (tertiary/aromatic N) is 2. The lowest BCUT2D eigenvalue weighted by Crippen LogP contribution is -2.15. The van der Waals surface area contributed by atoms with Gasteiger partial charge in [0, 0.05) is 23.5 Å². The van der Waals surface area contributed by atoms with E-state index in [1.165, 1.54) is 12.1 Å². The van der Waals surface area contributed by atoms with E-state index in [-0.39, 0.29) is 5.82 Å². The normalized spacial score (nSPS) is 10.5. The van der Waals surface area contributed by atoms with Crippen LogP contribution in [0.2, 0.25) is 0 Å². The Morgan fingerprint density at radius 2 is 1.93 bits per heavy atom. The molecule has 0 aliphatic carbocycles. The molecule has 4 rings (SSSR count). The van der Waals surface area contributed by atoms with Gasteiger partial charge in [-0.25, -0.2) is 9.37 Å². The number of hydrogen-bond acceptors (Lipinski definition) is 5. The van der Waals surface area contributed by atoms with Gasteiger partial charge in [-0.05, 0) is 42.5 Å².